The lowest BCUT2D eigenvalue weighted by Crippen LogP contribution is -2.11. The molecule has 2 heteroatoms. The van der Waals surface area contributed by atoms with E-state index in [0.717, 1.165) is 22.3 Å². The first-order chi connectivity index (χ1) is 10.7. The van der Waals surface area contributed by atoms with Crippen LogP contribution < -0.4 is 0 Å². The van der Waals surface area contributed by atoms with Crippen molar-refractivity contribution in [3.8, 4) is 11.1 Å². The molecule has 1 aliphatic rings. The van der Waals surface area contributed by atoms with Gasteiger partial charge in [-0.15, -0.1) is 0 Å². The first kappa shape index (κ1) is 15.5. The number of benzene rings is 2. The molecule has 0 spiro atoms. The monoisotopic (exact) mass is 306 g/mol. The summed E-state index contributed by atoms with van der Waals surface area (Å²) < 4.78 is 0. The number of aryl methyl sites for hydroxylation is 1. The van der Waals surface area contributed by atoms with Gasteiger partial charge in [0.1, 0.15) is 0 Å². The number of fused-ring (bicyclic) bond motifs is 3. The summed E-state index contributed by atoms with van der Waals surface area (Å²) in [6, 6.07) is 10.6. The molecule has 3 rings (SSSR count). The molecule has 0 fully saturated rings. The summed E-state index contributed by atoms with van der Waals surface area (Å²) in [7, 11) is 0. The second-order valence-electron chi connectivity index (χ2n) is 7.34. The average Bonchev–Trinajstić information content (AvgIpc) is 2.75. The number of aliphatic carboxylic acids is 1. The zero-order chi connectivity index (χ0) is 16.9. The van der Waals surface area contributed by atoms with Gasteiger partial charge in [-0.3, -0.25) is 0 Å². The minimum Gasteiger partial charge on any atom is -0.478 e. The maximum absolute atomic E-state index is 11.3. The van der Waals surface area contributed by atoms with Crippen molar-refractivity contribution in [2.75, 3.05) is 0 Å². The Morgan fingerprint density at radius 3 is 2.26 bits per heavy atom. The topological polar surface area (TPSA) is 37.3 Å². The van der Waals surface area contributed by atoms with Crippen LogP contribution in [0.4, 0.5) is 0 Å². The van der Waals surface area contributed by atoms with Gasteiger partial charge >= 0.3 is 5.97 Å². The van der Waals surface area contributed by atoms with Crippen molar-refractivity contribution in [3.05, 3.63) is 64.2 Å². The fourth-order valence-corrected chi connectivity index (χ4v) is 3.26. The molecule has 0 bridgehead atoms. The normalized spacial score (nSPS) is 14.7. The molecule has 0 radical (unpaired) electrons. The fourth-order valence-electron chi connectivity index (χ4n) is 3.26. The Labute approximate surface area is 137 Å². The van der Waals surface area contributed by atoms with Crippen LogP contribution in [0.15, 0.2) is 36.4 Å². The van der Waals surface area contributed by atoms with Gasteiger partial charge < -0.3 is 5.11 Å². The van der Waals surface area contributed by atoms with E-state index in [-0.39, 0.29) is 5.41 Å². The van der Waals surface area contributed by atoms with E-state index in [9.17, 15) is 9.90 Å². The van der Waals surface area contributed by atoms with E-state index in [1.807, 2.05) is 6.07 Å². The van der Waals surface area contributed by atoms with E-state index in [0.29, 0.717) is 0 Å². The SMILES string of the molecule is Cc1ccc2c(c1C)-c1ccc(C(C)(C)C)cc1/C2=C/C(=O)O. The van der Waals surface area contributed by atoms with Crippen LogP contribution in [0.3, 0.4) is 0 Å². The molecule has 1 aliphatic carbocycles. The molecule has 2 aromatic rings. The highest BCUT2D eigenvalue weighted by atomic mass is 16.4. The Morgan fingerprint density at radius 1 is 1.00 bits per heavy atom. The first-order valence-electron chi connectivity index (χ1n) is 7.90. The second-order valence-corrected chi connectivity index (χ2v) is 7.34. The van der Waals surface area contributed by atoms with Crippen molar-refractivity contribution in [2.24, 2.45) is 0 Å². The highest BCUT2D eigenvalue weighted by Crippen LogP contribution is 2.47. The molecule has 0 amide bonds. The third kappa shape index (κ3) is 2.48. The number of carboxylic acid groups (broad SMARTS) is 1. The van der Waals surface area contributed by atoms with Crippen LogP contribution in [0.5, 0.6) is 0 Å². The Hall–Kier alpha value is -2.35. The van der Waals surface area contributed by atoms with Gasteiger partial charge in [-0.25, -0.2) is 4.79 Å². The molecule has 0 saturated carbocycles. The molecular formula is C21H22O2. The van der Waals surface area contributed by atoms with Gasteiger partial charge in [0.25, 0.3) is 0 Å². The molecule has 1 N–H and O–H groups in total. The van der Waals surface area contributed by atoms with Gasteiger partial charge in [-0.2, -0.15) is 0 Å². The Balaban J connectivity index is 2.35. The molecule has 0 atom stereocenters. The lowest BCUT2D eigenvalue weighted by atomic mass is 9.84. The molecule has 0 unspecified atom stereocenters. The quantitative estimate of drug-likeness (QED) is 0.635. The molecule has 118 valence electrons. The van der Waals surface area contributed by atoms with Crippen LogP contribution in [-0.4, -0.2) is 11.1 Å². The molecule has 2 nitrogen and oxygen atoms in total. The average molecular weight is 306 g/mol. The predicted molar refractivity (Wildman–Crippen MR) is 94.8 cm³/mol. The number of hydrogen-bond donors (Lipinski definition) is 1. The molecule has 0 aliphatic heterocycles. The van der Waals surface area contributed by atoms with E-state index in [1.54, 1.807) is 0 Å². The zero-order valence-corrected chi connectivity index (χ0v) is 14.3. The molecular weight excluding hydrogens is 284 g/mol. The Bertz CT molecular complexity index is 849. The van der Waals surface area contributed by atoms with E-state index >= 15 is 0 Å². The van der Waals surface area contributed by atoms with Crippen LogP contribution in [0.25, 0.3) is 16.7 Å². The van der Waals surface area contributed by atoms with Gasteiger partial charge in [0.05, 0.1) is 0 Å². The number of rotatable bonds is 1. The third-order valence-corrected chi connectivity index (χ3v) is 4.74. The fraction of sp³-hybridized carbons (Fsp3) is 0.286. The number of hydrogen-bond acceptors (Lipinski definition) is 1. The number of carbonyl (C=O) groups is 1. The maximum Gasteiger partial charge on any atom is 0.328 e. The van der Waals surface area contributed by atoms with Crippen LogP contribution in [-0.2, 0) is 10.2 Å². The highest BCUT2D eigenvalue weighted by Gasteiger charge is 2.27. The van der Waals surface area contributed by atoms with Gasteiger partial charge in [0.15, 0.2) is 0 Å². The van der Waals surface area contributed by atoms with Crippen LogP contribution in [0.2, 0.25) is 0 Å². The van der Waals surface area contributed by atoms with Crippen molar-refractivity contribution < 1.29 is 9.90 Å². The highest BCUT2D eigenvalue weighted by molar-refractivity contribution is 6.07. The summed E-state index contributed by atoms with van der Waals surface area (Å²) in [6.45, 7) is 10.7. The summed E-state index contributed by atoms with van der Waals surface area (Å²) in [4.78, 5) is 11.3. The lowest BCUT2D eigenvalue weighted by molar-refractivity contribution is -0.131. The molecule has 0 heterocycles. The van der Waals surface area contributed by atoms with E-state index in [4.69, 9.17) is 0 Å². The summed E-state index contributed by atoms with van der Waals surface area (Å²) in [5, 5.41) is 9.30. The van der Waals surface area contributed by atoms with Gasteiger partial charge in [0.2, 0.25) is 0 Å². The lowest BCUT2D eigenvalue weighted by Gasteiger charge is -2.20. The van der Waals surface area contributed by atoms with E-state index in [2.05, 4.69) is 58.9 Å². The maximum atomic E-state index is 11.3. The Kier molecular flexibility index (Phi) is 3.44. The summed E-state index contributed by atoms with van der Waals surface area (Å²) in [5.41, 5.74) is 8.89. The second kappa shape index (κ2) is 5.09. The van der Waals surface area contributed by atoms with Crippen LogP contribution in [0.1, 0.15) is 48.6 Å². The van der Waals surface area contributed by atoms with Crippen molar-refractivity contribution in [1.29, 1.82) is 0 Å². The van der Waals surface area contributed by atoms with Crippen molar-refractivity contribution in [1.82, 2.24) is 0 Å². The summed E-state index contributed by atoms with van der Waals surface area (Å²) in [5.74, 6) is -0.904. The van der Waals surface area contributed by atoms with E-state index in [1.165, 1.54) is 28.3 Å². The first-order valence-corrected chi connectivity index (χ1v) is 7.90. The zero-order valence-electron chi connectivity index (χ0n) is 14.3. The van der Waals surface area contributed by atoms with Gasteiger partial charge in [0, 0.05) is 6.08 Å². The van der Waals surface area contributed by atoms with E-state index < -0.39 is 5.97 Å². The molecule has 23 heavy (non-hydrogen) atoms. The van der Waals surface area contributed by atoms with Crippen molar-refractivity contribution in [2.45, 2.75) is 40.0 Å². The molecule has 0 saturated heterocycles. The van der Waals surface area contributed by atoms with Gasteiger partial charge in [-0.1, -0.05) is 45.0 Å². The predicted octanol–water partition coefficient (Wildman–Crippen LogP) is 5.10. The number of carboxylic acids is 1. The standard InChI is InChI=1S/C21H22O2/c1-12-6-8-15-18(11-19(22)23)17-10-14(21(3,4)5)7-9-16(17)20(15)13(12)2/h6-11H,1-5H3,(H,22,23)/b18-11+. The molecule has 0 aromatic heterocycles. The van der Waals surface area contributed by atoms with Crippen molar-refractivity contribution >= 4 is 11.5 Å². The Morgan fingerprint density at radius 2 is 1.65 bits per heavy atom. The smallest absolute Gasteiger partial charge is 0.328 e. The minimum absolute atomic E-state index is 0.0309. The van der Waals surface area contributed by atoms with Gasteiger partial charge in [-0.05, 0) is 69.8 Å². The molecule has 2 aromatic carbocycles. The summed E-state index contributed by atoms with van der Waals surface area (Å²) in [6.07, 6.45) is 1.34. The van der Waals surface area contributed by atoms with Crippen LogP contribution >= 0.6 is 0 Å². The largest absolute Gasteiger partial charge is 0.478 e. The minimum atomic E-state index is -0.904. The third-order valence-electron chi connectivity index (χ3n) is 4.74. The summed E-state index contributed by atoms with van der Waals surface area (Å²) >= 11 is 0. The van der Waals surface area contributed by atoms with Crippen LogP contribution in [0, 0.1) is 13.8 Å². The van der Waals surface area contributed by atoms with Crippen molar-refractivity contribution in [3.63, 3.8) is 0 Å².